The molecule has 0 radical (unpaired) electrons. The van der Waals surface area contributed by atoms with Gasteiger partial charge in [-0.05, 0) is 46.5 Å². The topological polar surface area (TPSA) is 3.24 Å². The summed E-state index contributed by atoms with van der Waals surface area (Å²) in [6.45, 7) is 9.38. The first kappa shape index (κ1) is 16.1. The third-order valence-electron chi connectivity index (χ3n) is 6.28. The van der Waals surface area contributed by atoms with E-state index < -0.39 is 0 Å². The maximum atomic E-state index is 3.79. The number of benzene rings is 3. The molecule has 3 aromatic rings. The first-order valence-corrected chi connectivity index (χ1v) is 9.96. The Hall–Kier alpha value is -2.06. The van der Waals surface area contributed by atoms with Crippen LogP contribution in [0, 0.1) is 0 Å². The van der Waals surface area contributed by atoms with Gasteiger partial charge in [0.1, 0.15) is 0 Å². The number of hydrogen-bond donors (Lipinski definition) is 0. The molecule has 0 aromatic heterocycles. The molecule has 2 aliphatic heterocycles. The molecule has 0 atom stereocenters. The Morgan fingerprint density at radius 1 is 0.654 bits per heavy atom. The molecule has 26 heavy (non-hydrogen) atoms. The second-order valence-corrected chi connectivity index (χ2v) is 9.38. The highest BCUT2D eigenvalue weighted by molar-refractivity contribution is 9.10. The van der Waals surface area contributed by atoms with Crippen molar-refractivity contribution in [2.45, 2.75) is 38.5 Å². The minimum atomic E-state index is -0.0384. The zero-order valence-corrected chi connectivity index (χ0v) is 17.2. The number of nitrogens with zero attached hydrogens (tertiary/aromatic N) is 1. The van der Waals surface area contributed by atoms with Crippen molar-refractivity contribution in [1.29, 1.82) is 0 Å². The van der Waals surface area contributed by atoms with Crippen LogP contribution in [0.3, 0.4) is 0 Å². The van der Waals surface area contributed by atoms with Crippen molar-refractivity contribution in [2.24, 2.45) is 0 Å². The van der Waals surface area contributed by atoms with Gasteiger partial charge >= 0.3 is 0 Å². The van der Waals surface area contributed by atoms with Crippen LogP contribution >= 0.6 is 15.9 Å². The van der Waals surface area contributed by atoms with Gasteiger partial charge in [0.2, 0.25) is 0 Å². The monoisotopic (exact) mass is 403 g/mol. The molecule has 3 aromatic carbocycles. The van der Waals surface area contributed by atoms with E-state index in [2.05, 4.69) is 109 Å². The van der Waals surface area contributed by atoms with Crippen LogP contribution in [0.1, 0.15) is 49.9 Å². The zero-order valence-electron chi connectivity index (χ0n) is 15.6. The highest BCUT2D eigenvalue weighted by Crippen LogP contribution is 2.60. The Bertz CT molecular complexity index is 981. The molecule has 0 unspecified atom stereocenters. The molecule has 0 fully saturated rings. The third kappa shape index (κ3) is 1.86. The zero-order chi connectivity index (χ0) is 18.3. The molecule has 0 aliphatic carbocycles. The largest absolute Gasteiger partial charge is 0.309 e. The molecular formula is C24H22BrN. The van der Waals surface area contributed by atoms with Crippen LogP contribution in [0.25, 0.3) is 0 Å². The summed E-state index contributed by atoms with van der Waals surface area (Å²) in [7, 11) is 0. The van der Waals surface area contributed by atoms with Gasteiger partial charge in [-0.2, -0.15) is 0 Å². The predicted octanol–water partition coefficient (Wildman–Crippen LogP) is 7.20. The van der Waals surface area contributed by atoms with Gasteiger partial charge in [-0.3, -0.25) is 0 Å². The van der Waals surface area contributed by atoms with E-state index in [9.17, 15) is 0 Å². The number of rotatable bonds is 0. The second-order valence-electron chi connectivity index (χ2n) is 8.47. The van der Waals surface area contributed by atoms with Crippen molar-refractivity contribution in [3.63, 3.8) is 0 Å². The Kier molecular flexibility index (Phi) is 3.11. The van der Waals surface area contributed by atoms with Gasteiger partial charge in [0, 0.05) is 15.3 Å². The standard InChI is InChI=1S/C24H22BrN/c1-23(2)16-9-5-7-11-20(16)26-21-12-8-6-10-17(21)24(3,4)19-14-15(25)13-18(23)22(19)26/h5-14H,1-4H3. The minimum Gasteiger partial charge on any atom is -0.309 e. The molecule has 130 valence electrons. The van der Waals surface area contributed by atoms with Crippen LogP contribution in [0.15, 0.2) is 65.1 Å². The molecule has 0 N–H and O–H groups in total. The van der Waals surface area contributed by atoms with Gasteiger partial charge in [-0.15, -0.1) is 0 Å². The highest BCUT2D eigenvalue weighted by atomic mass is 79.9. The summed E-state index contributed by atoms with van der Waals surface area (Å²) in [5.41, 5.74) is 9.43. The molecule has 2 heterocycles. The lowest BCUT2D eigenvalue weighted by Crippen LogP contribution is -2.38. The molecule has 2 aliphatic rings. The average Bonchev–Trinajstić information content (AvgIpc) is 2.62. The van der Waals surface area contributed by atoms with Gasteiger partial charge in [-0.25, -0.2) is 0 Å². The first-order valence-electron chi connectivity index (χ1n) is 9.17. The molecule has 0 bridgehead atoms. The van der Waals surface area contributed by atoms with E-state index >= 15 is 0 Å². The quantitative estimate of drug-likeness (QED) is 0.383. The van der Waals surface area contributed by atoms with Gasteiger partial charge < -0.3 is 4.90 Å². The molecule has 5 rings (SSSR count). The average molecular weight is 404 g/mol. The number of para-hydroxylation sites is 2. The third-order valence-corrected chi connectivity index (χ3v) is 6.74. The van der Waals surface area contributed by atoms with Crippen LogP contribution in [-0.4, -0.2) is 0 Å². The molecule has 0 spiro atoms. The molecule has 0 saturated heterocycles. The van der Waals surface area contributed by atoms with Gasteiger partial charge in [0.05, 0.1) is 17.1 Å². The van der Waals surface area contributed by atoms with E-state index in [0.717, 1.165) is 4.47 Å². The molecule has 0 saturated carbocycles. The van der Waals surface area contributed by atoms with Gasteiger partial charge in [0.25, 0.3) is 0 Å². The predicted molar refractivity (Wildman–Crippen MR) is 113 cm³/mol. The Balaban J connectivity index is 1.99. The van der Waals surface area contributed by atoms with Crippen molar-refractivity contribution in [1.82, 2.24) is 0 Å². The summed E-state index contributed by atoms with van der Waals surface area (Å²) in [5, 5.41) is 0. The van der Waals surface area contributed by atoms with Crippen LogP contribution in [-0.2, 0) is 10.8 Å². The van der Waals surface area contributed by atoms with Crippen molar-refractivity contribution in [3.8, 4) is 0 Å². The first-order chi connectivity index (χ1) is 12.3. The van der Waals surface area contributed by atoms with Crippen LogP contribution in [0.4, 0.5) is 17.1 Å². The van der Waals surface area contributed by atoms with Gasteiger partial charge in [0.15, 0.2) is 0 Å². The maximum absolute atomic E-state index is 3.79. The van der Waals surface area contributed by atoms with Gasteiger partial charge in [-0.1, -0.05) is 80.0 Å². The van der Waals surface area contributed by atoms with Crippen molar-refractivity contribution in [2.75, 3.05) is 4.90 Å². The summed E-state index contributed by atoms with van der Waals surface area (Å²) in [6, 6.07) is 22.3. The van der Waals surface area contributed by atoms with Crippen molar-refractivity contribution in [3.05, 3.63) is 87.4 Å². The van der Waals surface area contributed by atoms with E-state index in [1.165, 1.54) is 39.3 Å². The van der Waals surface area contributed by atoms with Crippen LogP contribution < -0.4 is 4.90 Å². The highest BCUT2D eigenvalue weighted by Gasteiger charge is 2.45. The minimum absolute atomic E-state index is 0.0384. The van der Waals surface area contributed by atoms with Crippen LogP contribution in [0.5, 0.6) is 0 Å². The summed E-state index contributed by atoms with van der Waals surface area (Å²) in [5.74, 6) is 0. The van der Waals surface area contributed by atoms with E-state index in [4.69, 9.17) is 0 Å². The number of fused-ring (bicyclic) bond motifs is 4. The molecule has 1 nitrogen and oxygen atoms in total. The number of hydrogen-bond acceptors (Lipinski definition) is 1. The molecule has 2 heteroatoms. The smallest absolute Gasteiger partial charge is 0.0544 e. The summed E-state index contributed by atoms with van der Waals surface area (Å²) in [6.07, 6.45) is 0. The lowest BCUT2D eigenvalue weighted by atomic mass is 9.66. The summed E-state index contributed by atoms with van der Waals surface area (Å²) < 4.78 is 1.16. The van der Waals surface area contributed by atoms with Crippen LogP contribution in [0.2, 0.25) is 0 Å². The number of anilines is 3. The normalized spacial score (nSPS) is 18.0. The fraction of sp³-hybridized carbons (Fsp3) is 0.250. The Morgan fingerprint density at radius 3 is 1.54 bits per heavy atom. The number of halogens is 1. The second kappa shape index (κ2) is 5.01. The molecular weight excluding hydrogens is 382 g/mol. The van der Waals surface area contributed by atoms with E-state index in [0.29, 0.717) is 0 Å². The van der Waals surface area contributed by atoms with Crippen molar-refractivity contribution < 1.29 is 0 Å². The van der Waals surface area contributed by atoms with Crippen molar-refractivity contribution >= 4 is 33.0 Å². The Labute approximate surface area is 163 Å². The summed E-state index contributed by atoms with van der Waals surface area (Å²) >= 11 is 3.79. The lowest BCUT2D eigenvalue weighted by Gasteiger charge is -2.49. The summed E-state index contributed by atoms with van der Waals surface area (Å²) in [4.78, 5) is 2.48. The fourth-order valence-corrected chi connectivity index (χ4v) is 5.31. The van der Waals surface area contributed by atoms with E-state index in [1.807, 2.05) is 0 Å². The van der Waals surface area contributed by atoms with E-state index in [-0.39, 0.29) is 10.8 Å². The molecule has 0 amide bonds. The maximum Gasteiger partial charge on any atom is 0.0544 e. The van der Waals surface area contributed by atoms with E-state index in [1.54, 1.807) is 0 Å². The SMILES string of the molecule is CC1(C)c2ccccc2N2c3ccccc3C(C)(C)c3cc(Br)cc1c32. The lowest BCUT2D eigenvalue weighted by molar-refractivity contribution is 0.596. The fourth-order valence-electron chi connectivity index (χ4n) is 4.85. The Morgan fingerprint density at radius 2 is 1.08 bits per heavy atom.